The van der Waals surface area contributed by atoms with Crippen LogP contribution in [0.2, 0.25) is 10.0 Å². The second kappa shape index (κ2) is 11.7. The van der Waals surface area contributed by atoms with Crippen LogP contribution in [-0.4, -0.2) is 36.4 Å². The van der Waals surface area contributed by atoms with Crippen molar-refractivity contribution < 1.29 is 14.3 Å². The highest BCUT2D eigenvalue weighted by Gasteiger charge is 2.17. The van der Waals surface area contributed by atoms with Crippen LogP contribution in [0, 0.1) is 0 Å². The molecule has 0 aromatic heterocycles. The van der Waals surface area contributed by atoms with E-state index in [0.717, 1.165) is 12.0 Å². The first kappa shape index (κ1) is 22.2. The van der Waals surface area contributed by atoms with Gasteiger partial charge in [-0.1, -0.05) is 60.5 Å². The quantitative estimate of drug-likeness (QED) is 0.560. The average Bonchev–Trinajstić information content (AvgIpc) is 2.68. The summed E-state index contributed by atoms with van der Waals surface area (Å²) in [7, 11) is 0. The Hall–Kier alpha value is -2.08. The van der Waals surface area contributed by atoms with Crippen molar-refractivity contribution in [3.63, 3.8) is 0 Å². The molecule has 1 N–H and O–H groups in total. The zero-order valence-electron chi connectivity index (χ0n) is 15.8. The second-order valence-electron chi connectivity index (χ2n) is 6.28. The highest BCUT2D eigenvalue weighted by atomic mass is 35.5. The molecule has 0 bridgehead atoms. The summed E-state index contributed by atoms with van der Waals surface area (Å²) in [6, 6.07) is 14.6. The maximum absolute atomic E-state index is 12.5. The molecule has 2 aromatic carbocycles. The molecule has 0 aliphatic carbocycles. The first-order valence-corrected chi connectivity index (χ1v) is 9.89. The second-order valence-corrected chi connectivity index (χ2v) is 7.12. The number of carbonyl (C=O) groups excluding carboxylic acids is 2. The largest absolute Gasteiger partial charge is 0.376 e. The lowest BCUT2D eigenvalue weighted by Crippen LogP contribution is -2.39. The Balaban J connectivity index is 1.81. The smallest absolute Gasteiger partial charge is 0.244 e. The fourth-order valence-corrected chi connectivity index (χ4v) is 3.05. The summed E-state index contributed by atoms with van der Waals surface area (Å²) in [4.78, 5) is 26.3. The first-order valence-electron chi connectivity index (χ1n) is 9.14. The van der Waals surface area contributed by atoms with Crippen LogP contribution in [-0.2, 0) is 20.9 Å². The third-order valence-corrected chi connectivity index (χ3v) is 4.51. The van der Waals surface area contributed by atoms with E-state index in [9.17, 15) is 9.59 Å². The van der Waals surface area contributed by atoms with Gasteiger partial charge < -0.3 is 15.0 Å². The van der Waals surface area contributed by atoms with Crippen LogP contribution in [0.4, 0.5) is 5.69 Å². The summed E-state index contributed by atoms with van der Waals surface area (Å²) in [5.41, 5.74) is 1.52. The van der Waals surface area contributed by atoms with Crippen LogP contribution in [0.25, 0.3) is 0 Å². The zero-order valence-corrected chi connectivity index (χ0v) is 17.3. The van der Waals surface area contributed by atoms with Gasteiger partial charge in [-0.15, -0.1) is 0 Å². The third-order valence-electron chi connectivity index (χ3n) is 3.96. The molecule has 0 atom stereocenters. The van der Waals surface area contributed by atoms with Crippen molar-refractivity contribution in [2.45, 2.75) is 26.4 Å². The van der Waals surface area contributed by atoms with E-state index in [4.69, 9.17) is 27.9 Å². The third kappa shape index (κ3) is 7.50. The van der Waals surface area contributed by atoms with E-state index in [1.807, 2.05) is 37.3 Å². The molecule has 0 spiro atoms. The lowest BCUT2D eigenvalue weighted by Gasteiger charge is -2.22. The Morgan fingerprint density at radius 1 is 1.11 bits per heavy atom. The van der Waals surface area contributed by atoms with Crippen LogP contribution in [0.3, 0.4) is 0 Å². The first-order chi connectivity index (χ1) is 13.5. The molecular formula is C21H24Cl2N2O3. The Kier molecular flexibility index (Phi) is 9.28. The lowest BCUT2D eigenvalue weighted by atomic mass is 10.2. The van der Waals surface area contributed by atoms with E-state index in [-0.39, 0.29) is 24.8 Å². The number of nitrogens with zero attached hydrogens (tertiary/aromatic N) is 1. The molecule has 0 aliphatic rings. The molecule has 0 unspecified atom stereocenters. The van der Waals surface area contributed by atoms with Gasteiger partial charge in [-0.05, 0) is 30.2 Å². The van der Waals surface area contributed by atoms with Crippen LogP contribution in [0.5, 0.6) is 0 Å². The molecule has 0 saturated heterocycles. The minimum absolute atomic E-state index is 0.0374. The fourth-order valence-electron chi connectivity index (χ4n) is 2.60. The monoisotopic (exact) mass is 422 g/mol. The van der Waals surface area contributed by atoms with Crippen LogP contribution < -0.4 is 5.32 Å². The molecule has 0 fully saturated rings. The van der Waals surface area contributed by atoms with Gasteiger partial charge in [0.15, 0.2) is 0 Å². The van der Waals surface area contributed by atoms with Crippen molar-refractivity contribution in [3.05, 3.63) is 64.1 Å². The minimum atomic E-state index is -0.309. The molecule has 0 radical (unpaired) electrons. The number of nitrogens with one attached hydrogen (secondary N) is 1. The molecule has 2 aromatic rings. The van der Waals surface area contributed by atoms with Crippen molar-refractivity contribution in [3.8, 4) is 0 Å². The molecule has 28 heavy (non-hydrogen) atoms. The standard InChI is InChI=1S/C21H24Cl2N2O3/c1-2-11-25(14-20(26)24-19-9-8-17(22)13-18(19)23)21(27)10-12-28-15-16-6-4-3-5-7-16/h3-9,13H,2,10-12,14-15H2,1H3,(H,24,26). The maximum atomic E-state index is 12.5. The summed E-state index contributed by atoms with van der Waals surface area (Å²) in [5, 5.41) is 3.55. The van der Waals surface area contributed by atoms with Gasteiger partial charge in [0.1, 0.15) is 0 Å². The van der Waals surface area contributed by atoms with E-state index in [1.54, 1.807) is 18.2 Å². The summed E-state index contributed by atoms with van der Waals surface area (Å²) < 4.78 is 5.57. The summed E-state index contributed by atoms with van der Waals surface area (Å²) in [6.07, 6.45) is 0.980. The highest BCUT2D eigenvalue weighted by molar-refractivity contribution is 6.36. The van der Waals surface area contributed by atoms with Crippen molar-refractivity contribution in [2.24, 2.45) is 0 Å². The predicted molar refractivity (Wildman–Crippen MR) is 113 cm³/mol. The summed E-state index contributed by atoms with van der Waals surface area (Å²) in [6.45, 7) is 3.18. The lowest BCUT2D eigenvalue weighted by molar-refractivity contribution is -0.135. The van der Waals surface area contributed by atoms with Gasteiger partial charge in [-0.3, -0.25) is 9.59 Å². The fraction of sp³-hybridized carbons (Fsp3) is 0.333. The number of carbonyl (C=O) groups is 2. The maximum Gasteiger partial charge on any atom is 0.244 e. The number of rotatable bonds is 10. The van der Waals surface area contributed by atoms with Crippen molar-refractivity contribution in [2.75, 3.05) is 25.0 Å². The Morgan fingerprint density at radius 3 is 2.54 bits per heavy atom. The number of benzene rings is 2. The van der Waals surface area contributed by atoms with Gasteiger partial charge in [0.25, 0.3) is 0 Å². The molecule has 5 nitrogen and oxygen atoms in total. The van der Waals surface area contributed by atoms with Gasteiger partial charge >= 0.3 is 0 Å². The molecule has 0 heterocycles. The van der Waals surface area contributed by atoms with Crippen LogP contribution in [0.15, 0.2) is 48.5 Å². The normalized spacial score (nSPS) is 10.5. The van der Waals surface area contributed by atoms with Gasteiger partial charge in [-0.25, -0.2) is 0 Å². The van der Waals surface area contributed by atoms with Gasteiger partial charge in [-0.2, -0.15) is 0 Å². The molecule has 0 saturated carbocycles. The molecule has 2 amide bonds. The zero-order chi connectivity index (χ0) is 20.4. The van der Waals surface area contributed by atoms with Crippen molar-refractivity contribution in [1.82, 2.24) is 4.90 Å². The number of hydrogen-bond donors (Lipinski definition) is 1. The Bertz CT molecular complexity index is 784. The minimum Gasteiger partial charge on any atom is -0.376 e. The van der Waals surface area contributed by atoms with Crippen LogP contribution in [0.1, 0.15) is 25.3 Å². The molecule has 2 rings (SSSR count). The SMILES string of the molecule is CCCN(CC(=O)Nc1ccc(Cl)cc1Cl)C(=O)CCOCc1ccccc1. The number of amides is 2. The van der Waals surface area contributed by atoms with Crippen molar-refractivity contribution >= 4 is 40.7 Å². The van der Waals surface area contributed by atoms with Gasteiger partial charge in [0.05, 0.1) is 36.9 Å². The van der Waals surface area contributed by atoms with E-state index >= 15 is 0 Å². The summed E-state index contributed by atoms with van der Waals surface area (Å²) in [5.74, 6) is -0.427. The highest BCUT2D eigenvalue weighted by Crippen LogP contribution is 2.25. The Labute approximate surface area is 175 Å². The van der Waals surface area contributed by atoms with E-state index < -0.39 is 0 Å². The topological polar surface area (TPSA) is 58.6 Å². The summed E-state index contributed by atoms with van der Waals surface area (Å²) >= 11 is 11.9. The van der Waals surface area contributed by atoms with Crippen LogP contribution >= 0.6 is 23.2 Å². The number of hydrogen-bond acceptors (Lipinski definition) is 3. The van der Waals surface area contributed by atoms with E-state index in [1.165, 1.54) is 4.90 Å². The average molecular weight is 423 g/mol. The molecular weight excluding hydrogens is 399 g/mol. The van der Waals surface area contributed by atoms with Crippen molar-refractivity contribution in [1.29, 1.82) is 0 Å². The molecule has 150 valence electrons. The Morgan fingerprint density at radius 2 is 1.86 bits per heavy atom. The van der Waals surface area contributed by atoms with E-state index in [2.05, 4.69) is 5.32 Å². The molecule has 7 heteroatoms. The number of halogens is 2. The predicted octanol–water partition coefficient (Wildman–Crippen LogP) is 4.78. The molecule has 0 aliphatic heterocycles. The number of anilines is 1. The van der Waals surface area contributed by atoms with Gasteiger partial charge in [0.2, 0.25) is 11.8 Å². The van der Waals surface area contributed by atoms with E-state index in [0.29, 0.717) is 35.5 Å². The van der Waals surface area contributed by atoms with Gasteiger partial charge in [0, 0.05) is 11.6 Å². The number of ether oxygens (including phenoxy) is 1.